The van der Waals surface area contributed by atoms with E-state index in [9.17, 15) is 0 Å². The van der Waals surface area contributed by atoms with E-state index in [4.69, 9.17) is 4.74 Å². The fourth-order valence-electron chi connectivity index (χ4n) is 1.72. The smallest absolute Gasteiger partial charge is 0.0961 e. The Hall–Kier alpha value is -0.860. The van der Waals surface area contributed by atoms with Gasteiger partial charge in [-0.25, -0.2) is 0 Å². The van der Waals surface area contributed by atoms with Crippen LogP contribution in [0.1, 0.15) is 25.0 Å². The molecule has 0 aliphatic rings. The zero-order valence-electron chi connectivity index (χ0n) is 10.6. The first kappa shape index (κ1) is 13.2. The molecule has 0 amide bonds. The van der Waals surface area contributed by atoms with E-state index >= 15 is 0 Å². The van der Waals surface area contributed by atoms with Gasteiger partial charge in [0.1, 0.15) is 0 Å². The lowest BCUT2D eigenvalue weighted by Gasteiger charge is -2.07. The molecule has 0 saturated carbocycles. The third-order valence-corrected chi connectivity index (χ3v) is 2.50. The van der Waals surface area contributed by atoms with Crippen molar-refractivity contribution in [2.75, 3.05) is 20.4 Å². The summed E-state index contributed by atoms with van der Waals surface area (Å²) in [6, 6.07) is 8.94. The Morgan fingerprint density at radius 2 is 1.75 bits per heavy atom. The number of rotatable bonds is 7. The van der Waals surface area contributed by atoms with Crippen LogP contribution in [0.3, 0.4) is 0 Å². The minimum absolute atomic E-state index is 0.630. The van der Waals surface area contributed by atoms with Crippen LogP contribution in [0, 0.1) is 5.92 Å². The van der Waals surface area contributed by atoms with Gasteiger partial charge in [0, 0.05) is 13.7 Å². The Balaban J connectivity index is 2.33. The van der Waals surface area contributed by atoms with Crippen molar-refractivity contribution in [3.05, 3.63) is 35.4 Å². The molecular formula is C14H23NO. The highest BCUT2D eigenvalue weighted by Gasteiger charge is 1.98. The zero-order valence-corrected chi connectivity index (χ0v) is 10.6. The Morgan fingerprint density at radius 1 is 1.12 bits per heavy atom. The van der Waals surface area contributed by atoms with Gasteiger partial charge < -0.3 is 4.74 Å². The molecule has 0 saturated heterocycles. The highest BCUT2D eigenvalue weighted by Crippen LogP contribution is 2.09. The molecule has 0 aromatic heterocycles. The van der Waals surface area contributed by atoms with E-state index in [1.165, 1.54) is 17.5 Å². The third-order valence-electron chi connectivity index (χ3n) is 2.50. The van der Waals surface area contributed by atoms with Crippen LogP contribution in [0.15, 0.2) is 24.3 Å². The number of hydrogen-bond acceptors (Lipinski definition) is 2. The number of nitrogens with one attached hydrogen (secondary N) is 1. The Labute approximate surface area is 99.0 Å². The Morgan fingerprint density at radius 3 is 2.31 bits per heavy atom. The summed E-state index contributed by atoms with van der Waals surface area (Å²) in [5.41, 5.74) is 2.82. The lowest BCUT2D eigenvalue weighted by atomic mass is 10.0. The van der Waals surface area contributed by atoms with Crippen molar-refractivity contribution >= 4 is 0 Å². The van der Waals surface area contributed by atoms with Crippen LogP contribution in [0.5, 0.6) is 0 Å². The van der Waals surface area contributed by atoms with Crippen LogP contribution < -0.4 is 5.32 Å². The molecule has 16 heavy (non-hydrogen) atoms. The predicted octanol–water partition coefficient (Wildman–Crippen LogP) is 2.62. The first-order valence-electron chi connectivity index (χ1n) is 6.00. The van der Waals surface area contributed by atoms with E-state index in [2.05, 4.69) is 43.4 Å². The van der Waals surface area contributed by atoms with Crippen LogP contribution >= 0.6 is 0 Å². The number of hydrogen-bond donors (Lipinski definition) is 1. The van der Waals surface area contributed by atoms with E-state index in [1.54, 1.807) is 7.11 Å². The van der Waals surface area contributed by atoms with Crippen molar-refractivity contribution in [1.82, 2.24) is 5.32 Å². The third kappa shape index (κ3) is 5.29. The minimum Gasteiger partial charge on any atom is -0.370 e. The first-order chi connectivity index (χ1) is 7.72. The fraction of sp³-hybridized carbons (Fsp3) is 0.571. The molecule has 1 rings (SSSR count). The van der Waals surface area contributed by atoms with Gasteiger partial charge in [-0.15, -0.1) is 0 Å². The monoisotopic (exact) mass is 221 g/mol. The molecule has 2 nitrogen and oxygen atoms in total. The van der Waals surface area contributed by atoms with Crippen molar-refractivity contribution in [3.8, 4) is 0 Å². The SMILES string of the molecule is COCNCCc1ccc(CC(C)C)cc1. The average molecular weight is 221 g/mol. The topological polar surface area (TPSA) is 21.3 Å². The summed E-state index contributed by atoms with van der Waals surface area (Å²) < 4.78 is 4.93. The maximum absolute atomic E-state index is 4.93. The van der Waals surface area contributed by atoms with E-state index in [0.717, 1.165) is 18.9 Å². The highest BCUT2D eigenvalue weighted by atomic mass is 16.5. The molecule has 0 bridgehead atoms. The van der Waals surface area contributed by atoms with Crippen LogP contribution in [-0.2, 0) is 17.6 Å². The van der Waals surface area contributed by atoms with Gasteiger partial charge in [0.05, 0.1) is 6.73 Å². The summed E-state index contributed by atoms with van der Waals surface area (Å²) in [7, 11) is 1.70. The lowest BCUT2D eigenvalue weighted by molar-refractivity contribution is 0.176. The molecule has 0 aliphatic heterocycles. The van der Waals surface area contributed by atoms with Gasteiger partial charge in [-0.3, -0.25) is 5.32 Å². The molecule has 0 unspecified atom stereocenters. The molecule has 0 radical (unpaired) electrons. The molecular weight excluding hydrogens is 198 g/mol. The van der Waals surface area contributed by atoms with Crippen molar-refractivity contribution in [2.45, 2.75) is 26.7 Å². The lowest BCUT2D eigenvalue weighted by Crippen LogP contribution is -2.19. The predicted molar refractivity (Wildman–Crippen MR) is 68.6 cm³/mol. The second-order valence-electron chi connectivity index (χ2n) is 4.60. The second kappa shape index (κ2) is 7.42. The van der Waals surface area contributed by atoms with Crippen LogP contribution in [-0.4, -0.2) is 20.4 Å². The molecule has 0 atom stereocenters. The Bertz CT molecular complexity index is 279. The van der Waals surface area contributed by atoms with Crippen LogP contribution in [0.4, 0.5) is 0 Å². The van der Waals surface area contributed by atoms with Crippen molar-refractivity contribution in [1.29, 1.82) is 0 Å². The maximum Gasteiger partial charge on any atom is 0.0961 e. The van der Waals surface area contributed by atoms with Gasteiger partial charge in [0.15, 0.2) is 0 Å². The highest BCUT2D eigenvalue weighted by molar-refractivity contribution is 5.23. The van der Waals surface area contributed by atoms with Gasteiger partial charge in [0.2, 0.25) is 0 Å². The minimum atomic E-state index is 0.630. The van der Waals surface area contributed by atoms with Gasteiger partial charge in [-0.2, -0.15) is 0 Å². The average Bonchev–Trinajstić information content (AvgIpc) is 2.26. The molecule has 1 N–H and O–H groups in total. The molecule has 1 aromatic carbocycles. The van der Waals surface area contributed by atoms with E-state index in [1.807, 2.05) is 0 Å². The molecule has 90 valence electrons. The summed E-state index contributed by atoms with van der Waals surface area (Å²) in [5, 5.41) is 3.21. The van der Waals surface area contributed by atoms with Crippen molar-refractivity contribution in [3.63, 3.8) is 0 Å². The summed E-state index contributed by atoms with van der Waals surface area (Å²) >= 11 is 0. The standard InChI is InChI=1S/C14H23NO/c1-12(2)10-14-6-4-13(5-7-14)8-9-15-11-16-3/h4-7,12,15H,8-11H2,1-3H3. The molecule has 0 aliphatic carbocycles. The van der Waals surface area contributed by atoms with Crippen molar-refractivity contribution < 1.29 is 4.74 Å². The van der Waals surface area contributed by atoms with Gasteiger partial charge in [0.25, 0.3) is 0 Å². The maximum atomic E-state index is 4.93. The number of ether oxygens (including phenoxy) is 1. The van der Waals surface area contributed by atoms with Gasteiger partial charge in [-0.05, 0) is 29.9 Å². The van der Waals surface area contributed by atoms with Crippen molar-refractivity contribution in [2.24, 2.45) is 5.92 Å². The number of methoxy groups -OCH3 is 1. The molecule has 0 spiro atoms. The van der Waals surface area contributed by atoms with Gasteiger partial charge in [-0.1, -0.05) is 38.1 Å². The summed E-state index contributed by atoms with van der Waals surface area (Å²) in [6.45, 7) is 6.11. The quantitative estimate of drug-likeness (QED) is 0.564. The van der Waals surface area contributed by atoms with Crippen LogP contribution in [0.2, 0.25) is 0 Å². The van der Waals surface area contributed by atoms with E-state index < -0.39 is 0 Å². The van der Waals surface area contributed by atoms with Crippen LogP contribution in [0.25, 0.3) is 0 Å². The van der Waals surface area contributed by atoms with E-state index in [0.29, 0.717) is 6.73 Å². The molecule has 0 fully saturated rings. The van der Waals surface area contributed by atoms with Gasteiger partial charge >= 0.3 is 0 Å². The summed E-state index contributed by atoms with van der Waals surface area (Å²) in [6.07, 6.45) is 2.23. The molecule has 0 heterocycles. The summed E-state index contributed by atoms with van der Waals surface area (Å²) in [5.74, 6) is 0.731. The van der Waals surface area contributed by atoms with E-state index in [-0.39, 0.29) is 0 Å². The first-order valence-corrected chi connectivity index (χ1v) is 6.00. The zero-order chi connectivity index (χ0) is 11.8. The molecule has 2 heteroatoms. The second-order valence-corrected chi connectivity index (χ2v) is 4.60. The normalized spacial score (nSPS) is 11.0. The number of benzene rings is 1. The Kier molecular flexibility index (Phi) is 6.12. The largest absolute Gasteiger partial charge is 0.370 e. The fourth-order valence-corrected chi connectivity index (χ4v) is 1.72. The molecule has 1 aromatic rings. The summed E-state index contributed by atoms with van der Waals surface area (Å²) in [4.78, 5) is 0.